The highest BCUT2D eigenvalue weighted by Crippen LogP contribution is 2.40. The molecule has 1 aliphatic carbocycles. The third-order valence-electron chi connectivity index (χ3n) is 2.94. The van der Waals surface area contributed by atoms with E-state index in [0.717, 1.165) is 12.5 Å². The number of anilines is 1. The first-order valence-electron chi connectivity index (χ1n) is 6.16. The molecular weight excluding hydrogens is 184 g/mol. The van der Waals surface area contributed by atoms with Gasteiger partial charge in [-0.25, -0.2) is 0 Å². The zero-order valence-corrected chi connectivity index (χ0v) is 9.71. The zero-order chi connectivity index (χ0) is 10.7. The maximum atomic E-state index is 4.49. The number of rotatable bonds is 1. The highest BCUT2D eigenvalue weighted by atomic mass is 14.9. The van der Waals surface area contributed by atoms with Crippen LogP contribution in [-0.4, -0.2) is 11.5 Å². The smallest absolute Gasteiger partial charge is 0.0559 e. The van der Waals surface area contributed by atoms with Gasteiger partial charge in [0.1, 0.15) is 0 Å². The summed E-state index contributed by atoms with van der Waals surface area (Å²) in [4.78, 5) is 4.49. The number of nitrogens with zero attached hydrogens (tertiary/aromatic N) is 1. The van der Waals surface area contributed by atoms with Gasteiger partial charge in [0.2, 0.25) is 0 Å². The van der Waals surface area contributed by atoms with Gasteiger partial charge in [-0.2, -0.15) is 0 Å². The van der Waals surface area contributed by atoms with Crippen LogP contribution in [0.25, 0.3) is 0 Å². The number of aryl methyl sites for hydroxylation is 1. The summed E-state index contributed by atoms with van der Waals surface area (Å²) in [6, 6.07) is 2.30. The molecule has 1 N–H and O–H groups in total. The van der Waals surface area contributed by atoms with Crippen LogP contribution in [0, 0.1) is 0 Å². The van der Waals surface area contributed by atoms with Crippen molar-refractivity contribution in [3.05, 3.63) is 23.5 Å². The quantitative estimate of drug-likeness (QED) is 0.759. The molecule has 1 fully saturated rings. The monoisotopic (exact) mass is 204 g/mol. The number of nitrogens with one attached hydrogen (secondary N) is 1. The van der Waals surface area contributed by atoms with E-state index in [1.807, 2.05) is 20.0 Å². The van der Waals surface area contributed by atoms with Gasteiger partial charge in [-0.15, -0.1) is 0 Å². The number of hydrogen-bond donors (Lipinski definition) is 1. The van der Waals surface area contributed by atoms with Crippen LogP contribution in [0.2, 0.25) is 0 Å². The SMILES string of the molecule is CC.c1c(C2CC2)ncc2c1CCCN2. The molecule has 0 atom stereocenters. The van der Waals surface area contributed by atoms with Gasteiger partial charge in [0.05, 0.1) is 11.9 Å². The molecule has 0 aromatic carbocycles. The normalized spacial score (nSPS) is 18.3. The highest BCUT2D eigenvalue weighted by Gasteiger charge is 2.25. The second-order valence-corrected chi connectivity index (χ2v) is 4.07. The van der Waals surface area contributed by atoms with Crippen LogP contribution < -0.4 is 5.32 Å². The largest absolute Gasteiger partial charge is 0.384 e. The fourth-order valence-corrected chi connectivity index (χ4v) is 1.99. The van der Waals surface area contributed by atoms with Crippen LogP contribution in [-0.2, 0) is 6.42 Å². The zero-order valence-electron chi connectivity index (χ0n) is 9.71. The second-order valence-electron chi connectivity index (χ2n) is 4.07. The van der Waals surface area contributed by atoms with Crippen LogP contribution >= 0.6 is 0 Å². The van der Waals surface area contributed by atoms with Crippen LogP contribution in [0.15, 0.2) is 12.3 Å². The summed E-state index contributed by atoms with van der Waals surface area (Å²) in [7, 11) is 0. The van der Waals surface area contributed by atoms with Crippen molar-refractivity contribution in [2.75, 3.05) is 11.9 Å². The lowest BCUT2D eigenvalue weighted by molar-refractivity contribution is 0.819. The van der Waals surface area contributed by atoms with Crippen LogP contribution in [0.3, 0.4) is 0 Å². The molecule has 0 radical (unpaired) electrons. The molecule has 1 aromatic rings. The van der Waals surface area contributed by atoms with Crippen molar-refractivity contribution in [1.29, 1.82) is 0 Å². The van der Waals surface area contributed by atoms with E-state index in [1.165, 1.54) is 42.6 Å². The third kappa shape index (κ3) is 2.31. The van der Waals surface area contributed by atoms with Gasteiger partial charge in [0.25, 0.3) is 0 Å². The minimum absolute atomic E-state index is 0.784. The lowest BCUT2D eigenvalue weighted by Crippen LogP contribution is -2.12. The van der Waals surface area contributed by atoms with E-state index >= 15 is 0 Å². The van der Waals surface area contributed by atoms with Crippen LogP contribution in [0.1, 0.15) is 50.3 Å². The molecule has 0 saturated heterocycles. The summed E-state index contributed by atoms with van der Waals surface area (Å²) < 4.78 is 0. The van der Waals surface area contributed by atoms with E-state index in [4.69, 9.17) is 0 Å². The first-order chi connectivity index (χ1) is 7.43. The first kappa shape index (κ1) is 10.5. The number of aromatic nitrogens is 1. The number of fused-ring (bicyclic) bond motifs is 1. The summed E-state index contributed by atoms with van der Waals surface area (Å²) in [5.74, 6) is 0.784. The minimum Gasteiger partial charge on any atom is -0.384 e. The maximum absolute atomic E-state index is 4.49. The molecule has 0 bridgehead atoms. The van der Waals surface area contributed by atoms with Crippen molar-refractivity contribution in [2.45, 2.75) is 45.4 Å². The van der Waals surface area contributed by atoms with E-state index in [2.05, 4.69) is 16.4 Å². The van der Waals surface area contributed by atoms with Crippen molar-refractivity contribution < 1.29 is 0 Å². The Hall–Kier alpha value is -1.05. The summed E-state index contributed by atoms with van der Waals surface area (Å²) in [5.41, 5.74) is 4.06. The summed E-state index contributed by atoms with van der Waals surface area (Å²) in [5, 5.41) is 3.39. The second kappa shape index (κ2) is 4.65. The molecular formula is C13H20N2. The molecule has 0 amide bonds. The van der Waals surface area contributed by atoms with E-state index in [-0.39, 0.29) is 0 Å². The van der Waals surface area contributed by atoms with E-state index in [0.29, 0.717) is 0 Å². The van der Waals surface area contributed by atoms with Gasteiger partial charge < -0.3 is 5.32 Å². The Labute approximate surface area is 92.1 Å². The summed E-state index contributed by atoms with van der Waals surface area (Å²) in [6.07, 6.45) is 7.20. The Bertz CT molecular complexity index is 329. The molecule has 0 spiro atoms. The molecule has 2 aliphatic rings. The molecule has 3 rings (SSSR count). The molecule has 2 nitrogen and oxygen atoms in total. The Morgan fingerprint density at radius 1 is 1.33 bits per heavy atom. The molecule has 0 unspecified atom stereocenters. The number of hydrogen-bond acceptors (Lipinski definition) is 2. The summed E-state index contributed by atoms with van der Waals surface area (Å²) in [6.45, 7) is 5.11. The molecule has 2 heteroatoms. The van der Waals surface area contributed by atoms with Crippen molar-refractivity contribution in [1.82, 2.24) is 4.98 Å². The fourth-order valence-electron chi connectivity index (χ4n) is 1.99. The first-order valence-corrected chi connectivity index (χ1v) is 6.16. The van der Waals surface area contributed by atoms with E-state index in [9.17, 15) is 0 Å². The fraction of sp³-hybridized carbons (Fsp3) is 0.615. The molecule has 15 heavy (non-hydrogen) atoms. The van der Waals surface area contributed by atoms with Crippen LogP contribution in [0.5, 0.6) is 0 Å². The minimum atomic E-state index is 0.784. The Balaban J connectivity index is 0.000000404. The van der Waals surface area contributed by atoms with E-state index < -0.39 is 0 Å². The van der Waals surface area contributed by atoms with Crippen molar-refractivity contribution >= 4 is 5.69 Å². The topological polar surface area (TPSA) is 24.9 Å². The molecule has 1 saturated carbocycles. The van der Waals surface area contributed by atoms with Crippen molar-refractivity contribution in [3.8, 4) is 0 Å². The molecule has 2 heterocycles. The van der Waals surface area contributed by atoms with Gasteiger partial charge in [0, 0.05) is 18.2 Å². The van der Waals surface area contributed by atoms with Gasteiger partial charge in [0.15, 0.2) is 0 Å². The predicted octanol–water partition coefficient (Wildman–Crippen LogP) is 3.34. The molecule has 1 aromatic heterocycles. The van der Waals surface area contributed by atoms with Crippen molar-refractivity contribution in [3.63, 3.8) is 0 Å². The standard InChI is InChI=1S/C11H14N2.C2H6/c1-2-9-6-10(8-3-4-8)13-7-11(9)12-5-1;1-2/h6-8,12H,1-5H2;1-2H3. The Kier molecular flexibility index (Phi) is 3.24. The van der Waals surface area contributed by atoms with Gasteiger partial charge in [-0.1, -0.05) is 13.8 Å². The lowest BCUT2D eigenvalue weighted by Gasteiger charge is -2.17. The average molecular weight is 204 g/mol. The molecule has 1 aliphatic heterocycles. The van der Waals surface area contributed by atoms with E-state index in [1.54, 1.807) is 0 Å². The van der Waals surface area contributed by atoms with Gasteiger partial charge in [-0.05, 0) is 37.3 Å². The molecule has 82 valence electrons. The number of pyridine rings is 1. The summed E-state index contributed by atoms with van der Waals surface area (Å²) >= 11 is 0. The maximum Gasteiger partial charge on any atom is 0.0559 e. The van der Waals surface area contributed by atoms with Gasteiger partial charge >= 0.3 is 0 Å². The van der Waals surface area contributed by atoms with Crippen LogP contribution in [0.4, 0.5) is 5.69 Å². The third-order valence-corrected chi connectivity index (χ3v) is 2.94. The van der Waals surface area contributed by atoms with Gasteiger partial charge in [-0.3, -0.25) is 4.98 Å². The Morgan fingerprint density at radius 3 is 2.87 bits per heavy atom. The average Bonchev–Trinajstić information content (AvgIpc) is 3.15. The van der Waals surface area contributed by atoms with Crippen molar-refractivity contribution in [2.24, 2.45) is 0 Å². The Morgan fingerprint density at radius 2 is 2.13 bits per heavy atom. The highest BCUT2D eigenvalue weighted by molar-refractivity contribution is 5.52. The predicted molar refractivity (Wildman–Crippen MR) is 64.4 cm³/mol. The lowest BCUT2D eigenvalue weighted by atomic mass is 10.0.